The van der Waals surface area contributed by atoms with Crippen LogP contribution in [0, 0.1) is 0 Å². The zero-order chi connectivity index (χ0) is 16.7. The number of hydrogen-bond donors (Lipinski definition) is 1. The van der Waals surface area contributed by atoms with Crippen LogP contribution in [-0.2, 0) is 0 Å². The molecule has 0 atom stereocenters. The summed E-state index contributed by atoms with van der Waals surface area (Å²) in [5.74, 6) is 1.38. The fourth-order valence-electron chi connectivity index (χ4n) is 2.76. The number of nitrogens with zero attached hydrogens (tertiary/aromatic N) is 2. The zero-order valence-electron chi connectivity index (χ0n) is 12.5. The SMILES string of the molecule is NC(=O)n1cc(N2c3ccccc3Oc3ccccc32)ccc1=O. The summed E-state index contributed by atoms with van der Waals surface area (Å²) < 4.78 is 6.81. The molecule has 1 aromatic heterocycles. The van der Waals surface area contributed by atoms with Crippen molar-refractivity contribution >= 4 is 23.1 Å². The van der Waals surface area contributed by atoms with E-state index in [1.54, 1.807) is 6.07 Å². The van der Waals surface area contributed by atoms with Crippen molar-refractivity contribution < 1.29 is 9.53 Å². The molecule has 3 aromatic rings. The maximum absolute atomic E-state index is 11.8. The molecule has 1 amide bonds. The van der Waals surface area contributed by atoms with Crippen LogP contribution in [0.5, 0.6) is 11.5 Å². The minimum absolute atomic E-state index is 0.471. The molecular weight excluding hydrogens is 306 g/mol. The number of carbonyl (C=O) groups excluding carboxylic acids is 1. The second-order valence-corrected chi connectivity index (χ2v) is 5.31. The van der Waals surface area contributed by atoms with E-state index >= 15 is 0 Å². The van der Waals surface area contributed by atoms with Gasteiger partial charge in [-0.2, -0.15) is 0 Å². The molecule has 2 heterocycles. The number of fused-ring (bicyclic) bond motifs is 2. The third-order valence-corrected chi connectivity index (χ3v) is 3.82. The Morgan fingerprint density at radius 2 is 1.46 bits per heavy atom. The molecule has 0 bridgehead atoms. The Labute approximate surface area is 137 Å². The number of aromatic nitrogens is 1. The highest BCUT2D eigenvalue weighted by atomic mass is 16.5. The summed E-state index contributed by atoms with van der Waals surface area (Å²) in [5.41, 5.74) is 7.07. The van der Waals surface area contributed by atoms with Crippen LogP contribution in [0.4, 0.5) is 21.9 Å². The Balaban J connectivity index is 1.97. The van der Waals surface area contributed by atoms with Gasteiger partial charge in [0, 0.05) is 12.3 Å². The molecule has 1 aliphatic heterocycles. The van der Waals surface area contributed by atoms with Crippen molar-refractivity contribution in [3.63, 3.8) is 0 Å². The summed E-state index contributed by atoms with van der Waals surface area (Å²) in [5, 5.41) is 0. The lowest BCUT2D eigenvalue weighted by atomic mass is 10.1. The maximum atomic E-state index is 11.8. The number of nitrogens with two attached hydrogens (primary N) is 1. The van der Waals surface area contributed by atoms with Gasteiger partial charge in [-0.05, 0) is 30.3 Å². The van der Waals surface area contributed by atoms with Gasteiger partial charge in [0.2, 0.25) is 0 Å². The molecule has 0 spiro atoms. The molecule has 4 rings (SSSR count). The third-order valence-electron chi connectivity index (χ3n) is 3.82. The van der Waals surface area contributed by atoms with E-state index < -0.39 is 11.6 Å². The summed E-state index contributed by atoms with van der Waals surface area (Å²) in [6.07, 6.45) is 1.43. The van der Waals surface area contributed by atoms with Crippen LogP contribution >= 0.6 is 0 Å². The van der Waals surface area contributed by atoms with Gasteiger partial charge in [0.1, 0.15) is 0 Å². The van der Waals surface area contributed by atoms with Gasteiger partial charge in [-0.3, -0.25) is 4.79 Å². The number of amides is 1. The highest BCUT2D eigenvalue weighted by molar-refractivity contribution is 5.86. The number of hydrogen-bond acceptors (Lipinski definition) is 4. The largest absolute Gasteiger partial charge is 0.453 e. The van der Waals surface area contributed by atoms with Crippen LogP contribution in [-0.4, -0.2) is 10.6 Å². The minimum atomic E-state index is -0.823. The molecule has 0 unspecified atom stereocenters. The second-order valence-electron chi connectivity index (χ2n) is 5.31. The number of rotatable bonds is 1. The lowest BCUT2D eigenvalue weighted by Gasteiger charge is -2.32. The minimum Gasteiger partial charge on any atom is -0.453 e. The first-order chi connectivity index (χ1) is 11.6. The monoisotopic (exact) mass is 319 g/mol. The number of ether oxygens (including phenoxy) is 1. The molecule has 24 heavy (non-hydrogen) atoms. The first-order valence-electron chi connectivity index (χ1n) is 7.34. The average molecular weight is 319 g/mol. The van der Waals surface area contributed by atoms with E-state index in [0.717, 1.165) is 15.9 Å². The number of primary amides is 1. The highest BCUT2D eigenvalue weighted by Gasteiger charge is 2.25. The number of para-hydroxylation sites is 4. The van der Waals surface area contributed by atoms with Crippen LogP contribution in [0.25, 0.3) is 0 Å². The molecular formula is C18H13N3O3. The molecule has 0 radical (unpaired) electrons. The zero-order valence-corrected chi connectivity index (χ0v) is 12.5. The molecule has 0 saturated heterocycles. The Hall–Kier alpha value is -3.54. The molecule has 2 aromatic carbocycles. The summed E-state index contributed by atoms with van der Waals surface area (Å²) in [6, 6.07) is 17.3. The topological polar surface area (TPSA) is 77.6 Å². The Kier molecular flexibility index (Phi) is 3.09. The van der Waals surface area contributed by atoms with Crippen LogP contribution in [0.2, 0.25) is 0 Å². The summed E-state index contributed by atoms with van der Waals surface area (Å²) in [4.78, 5) is 25.2. The number of pyridine rings is 1. The van der Waals surface area contributed by atoms with Crippen LogP contribution < -0.4 is 20.9 Å². The molecule has 2 N–H and O–H groups in total. The van der Waals surface area contributed by atoms with E-state index in [9.17, 15) is 9.59 Å². The van der Waals surface area contributed by atoms with Gasteiger partial charge in [-0.15, -0.1) is 0 Å². The standard InChI is InChI=1S/C18H13N3O3/c19-18(23)20-11-12(9-10-17(20)22)21-13-5-1-3-7-15(13)24-16-8-4-2-6-14(16)21/h1-11H,(H2,19,23). The first kappa shape index (κ1) is 14.1. The predicted octanol–water partition coefficient (Wildman–Crippen LogP) is 3.35. The number of carbonyl (C=O) groups is 1. The number of anilines is 3. The van der Waals surface area contributed by atoms with Gasteiger partial charge in [0.25, 0.3) is 5.56 Å². The van der Waals surface area contributed by atoms with E-state index in [4.69, 9.17) is 10.5 Å². The van der Waals surface area contributed by atoms with Crippen molar-refractivity contribution in [3.8, 4) is 11.5 Å². The van der Waals surface area contributed by atoms with Crippen LogP contribution in [0.1, 0.15) is 0 Å². The van der Waals surface area contributed by atoms with Crippen molar-refractivity contribution in [1.82, 2.24) is 4.57 Å². The lowest BCUT2D eigenvalue weighted by Crippen LogP contribution is -2.31. The van der Waals surface area contributed by atoms with Crippen molar-refractivity contribution in [2.24, 2.45) is 5.73 Å². The van der Waals surface area contributed by atoms with Crippen molar-refractivity contribution in [1.29, 1.82) is 0 Å². The quantitative estimate of drug-likeness (QED) is 0.583. The van der Waals surface area contributed by atoms with Gasteiger partial charge >= 0.3 is 6.03 Å². The molecule has 118 valence electrons. The van der Waals surface area contributed by atoms with Gasteiger partial charge in [-0.1, -0.05) is 24.3 Å². The van der Waals surface area contributed by atoms with Gasteiger partial charge < -0.3 is 15.4 Å². The van der Waals surface area contributed by atoms with Crippen molar-refractivity contribution in [3.05, 3.63) is 77.2 Å². The third kappa shape index (κ3) is 2.13. The van der Waals surface area contributed by atoms with Crippen LogP contribution in [0.3, 0.4) is 0 Å². The van der Waals surface area contributed by atoms with E-state index in [1.807, 2.05) is 53.4 Å². The average Bonchev–Trinajstić information content (AvgIpc) is 2.60. The summed E-state index contributed by atoms with van der Waals surface area (Å²) in [6.45, 7) is 0. The fraction of sp³-hybridized carbons (Fsp3) is 0. The lowest BCUT2D eigenvalue weighted by molar-refractivity contribution is 0.249. The van der Waals surface area contributed by atoms with E-state index in [-0.39, 0.29) is 0 Å². The molecule has 6 heteroatoms. The highest BCUT2D eigenvalue weighted by Crippen LogP contribution is 2.49. The van der Waals surface area contributed by atoms with Gasteiger partial charge in [0.05, 0.1) is 17.1 Å². The predicted molar refractivity (Wildman–Crippen MR) is 90.4 cm³/mol. The molecule has 1 aliphatic rings. The first-order valence-corrected chi connectivity index (χ1v) is 7.34. The van der Waals surface area contributed by atoms with E-state index in [2.05, 4.69) is 0 Å². The Morgan fingerprint density at radius 1 is 0.875 bits per heavy atom. The van der Waals surface area contributed by atoms with Crippen LogP contribution in [0.15, 0.2) is 71.7 Å². The van der Waals surface area contributed by atoms with Gasteiger partial charge in [0.15, 0.2) is 11.5 Å². The molecule has 0 saturated carbocycles. The summed E-state index contributed by atoms with van der Waals surface area (Å²) >= 11 is 0. The second kappa shape index (κ2) is 5.27. The van der Waals surface area contributed by atoms with E-state index in [1.165, 1.54) is 12.3 Å². The molecule has 6 nitrogen and oxygen atoms in total. The van der Waals surface area contributed by atoms with Gasteiger partial charge in [-0.25, -0.2) is 9.36 Å². The Bertz CT molecular complexity index is 965. The molecule has 0 aliphatic carbocycles. The number of benzene rings is 2. The Morgan fingerprint density at radius 3 is 2.04 bits per heavy atom. The summed E-state index contributed by atoms with van der Waals surface area (Å²) in [7, 11) is 0. The molecule has 0 fully saturated rings. The normalized spacial score (nSPS) is 12.1. The fourth-order valence-corrected chi connectivity index (χ4v) is 2.76. The van der Waals surface area contributed by atoms with Crippen molar-refractivity contribution in [2.75, 3.05) is 4.90 Å². The van der Waals surface area contributed by atoms with Crippen molar-refractivity contribution in [2.45, 2.75) is 0 Å². The smallest absolute Gasteiger partial charge is 0.325 e. The van der Waals surface area contributed by atoms with E-state index in [0.29, 0.717) is 17.2 Å². The maximum Gasteiger partial charge on any atom is 0.325 e.